The molecule has 4 rings (SSSR count). The minimum absolute atomic E-state index is 0.102. The Bertz CT molecular complexity index is 1080. The Morgan fingerprint density at radius 2 is 1.85 bits per heavy atom. The fraction of sp³-hybridized carbons (Fsp3) is 0.0909. The van der Waals surface area contributed by atoms with Crippen molar-refractivity contribution in [3.63, 3.8) is 0 Å². The number of rotatable bonds is 5. The number of amides is 1. The molecular formula is C22H19N3O2. The van der Waals surface area contributed by atoms with Gasteiger partial charge in [0, 0.05) is 17.5 Å². The zero-order chi connectivity index (χ0) is 18.6. The van der Waals surface area contributed by atoms with Gasteiger partial charge < -0.3 is 10.1 Å². The average molecular weight is 357 g/mol. The first kappa shape index (κ1) is 16.8. The SMILES string of the molecule is COc1cccc(CNC(=O)c2ccc(-c3ccc4[nH]ncc4c3)cc2)c1. The lowest BCUT2D eigenvalue weighted by Crippen LogP contribution is -2.22. The van der Waals surface area contributed by atoms with Crippen molar-refractivity contribution in [3.8, 4) is 16.9 Å². The first-order valence-corrected chi connectivity index (χ1v) is 8.67. The predicted octanol–water partition coefficient (Wildman–Crippen LogP) is 4.17. The Hall–Kier alpha value is -3.60. The number of hydrogen-bond acceptors (Lipinski definition) is 3. The van der Waals surface area contributed by atoms with Crippen LogP contribution in [0.15, 0.2) is 72.9 Å². The van der Waals surface area contributed by atoms with Crippen LogP contribution in [0.4, 0.5) is 0 Å². The molecule has 27 heavy (non-hydrogen) atoms. The quantitative estimate of drug-likeness (QED) is 0.563. The lowest BCUT2D eigenvalue weighted by atomic mass is 10.0. The molecule has 0 fully saturated rings. The summed E-state index contributed by atoms with van der Waals surface area (Å²) in [6.45, 7) is 0.453. The Balaban J connectivity index is 1.45. The van der Waals surface area contributed by atoms with E-state index in [2.05, 4.69) is 21.6 Å². The number of aromatic amines is 1. The van der Waals surface area contributed by atoms with E-state index in [4.69, 9.17) is 4.74 Å². The Kier molecular flexibility index (Phi) is 4.58. The van der Waals surface area contributed by atoms with Gasteiger partial charge in [0.25, 0.3) is 5.91 Å². The van der Waals surface area contributed by atoms with E-state index in [1.54, 1.807) is 13.3 Å². The van der Waals surface area contributed by atoms with E-state index in [-0.39, 0.29) is 5.91 Å². The number of aromatic nitrogens is 2. The molecule has 1 amide bonds. The van der Waals surface area contributed by atoms with Crippen molar-refractivity contribution in [2.75, 3.05) is 7.11 Å². The maximum atomic E-state index is 12.4. The van der Waals surface area contributed by atoms with Gasteiger partial charge in [-0.15, -0.1) is 0 Å². The van der Waals surface area contributed by atoms with Crippen molar-refractivity contribution in [1.29, 1.82) is 0 Å². The topological polar surface area (TPSA) is 67.0 Å². The molecule has 0 atom stereocenters. The van der Waals surface area contributed by atoms with Gasteiger partial charge in [0.1, 0.15) is 5.75 Å². The van der Waals surface area contributed by atoms with E-state index < -0.39 is 0 Å². The molecule has 0 saturated heterocycles. The zero-order valence-corrected chi connectivity index (χ0v) is 14.9. The van der Waals surface area contributed by atoms with Crippen LogP contribution in [-0.4, -0.2) is 23.2 Å². The van der Waals surface area contributed by atoms with Crippen LogP contribution in [0, 0.1) is 0 Å². The molecule has 3 aromatic carbocycles. The molecule has 1 aromatic heterocycles. The van der Waals surface area contributed by atoms with E-state index in [9.17, 15) is 4.79 Å². The lowest BCUT2D eigenvalue weighted by molar-refractivity contribution is 0.0951. The van der Waals surface area contributed by atoms with Crippen LogP contribution in [-0.2, 0) is 6.54 Å². The lowest BCUT2D eigenvalue weighted by Gasteiger charge is -2.08. The van der Waals surface area contributed by atoms with Gasteiger partial charge in [-0.1, -0.05) is 30.3 Å². The molecule has 0 unspecified atom stereocenters. The van der Waals surface area contributed by atoms with Crippen molar-refractivity contribution in [1.82, 2.24) is 15.5 Å². The van der Waals surface area contributed by atoms with Gasteiger partial charge in [-0.2, -0.15) is 5.10 Å². The van der Waals surface area contributed by atoms with Gasteiger partial charge in [-0.25, -0.2) is 0 Å². The summed E-state index contributed by atoms with van der Waals surface area (Å²) in [6, 6.07) is 21.4. The molecular weight excluding hydrogens is 338 g/mol. The average Bonchev–Trinajstić information content (AvgIpc) is 3.20. The fourth-order valence-corrected chi connectivity index (χ4v) is 3.00. The predicted molar refractivity (Wildman–Crippen MR) is 106 cm³/mol. The highest BCUT2D eigenvalue weighted by atomic mass is 16.5. The number of methoxy groups -OCH3 is 1. The molecule has 4 aromatic rings. The largest absolute Gasteiger partial charge is 0.497 e. The van der Waals surface area contributed by atoms with Gasteiger partial charge >= 0.3 is 0 Å². The van der Waals surface area contributed by atoms with Gasteiger partial charge in [0.15, 0.2) is 0 Å². The Morgan fingerprint density at radius 3 is 2.67 bits per heavy atom. The highest BCUT2D eigenvalue weighted by molar-refractivity contribution is 5.94. The van der Waals surface area contributed by atoms with Gasteiger partial charge in [-0.3, -0.25) is 9.89 Å². The van der Waals surface area contributed by atoms with E-state index in [1.807, 2.05) is 60.7 Å². The third-order valence-electron chi connectivity index (χ3n) is 4.51. The molecule has 0 bridgehead atoms. The van der Waals surface area contributed by atoms with Gasteiger partial charge in [-0.05, 0) is 53.1 Å². The molecule has 0 aliphatic rings. The number of benzene rings is 3. The molecule has 5 heteroatoms. The molecule has 0 radical (unpaired) electrons. The molecule has 5 nitrogen and oxygen atoms in total. The summed E-state index contributed by atoms with van der Waals surface area (Å²) >= 11 is 0. The summed E-state index contributed by atoms with van der Waals surface area (Å²) in [4.78, 5) is 12.4. The van der Waals surface area contributed by atoms with Crippen molar-refractivity contribution in [3.05, 3.63) is 84.1 Å². The molecule has 134 valence electrons. The van der Waals surface area contributed by atoms with Crippen LogP contribution in [0.25, 0.3) is 22.0 Å². The maximum absolute atomic E-state index is 12.4. The molecule has 2 N–H and O–H groups in total. The number of carbonyl (C=O) groups is 1. The minimum atomic E-state index is -0.102. The van der Waals surface area contributed by atoms with Crippen molar-refractivity contribution < 1.29 is 9.53 Å². The normalized spacial score (nSPS) is 10.7. The van der Waals surface area contributed by atoms with Crippen LogP contribution in [0.3, 0.4) is 0 Å². The van der Waals surface area contributed by atoms with Crippen LogP contribution in [0.1, 0.15) is 15.9 Å². The molecule has 0 saturated carbocycles. The summed E-state index contributed by atoms with van der Waals surface area (Å²) in [5.74, 6) is 0.676. The first-order chi connectivity index (χ1) is 13.2. The van der Waals surface area contributed by atoms with Crippen LogP contribution in [0.5, 0.6) is 5.75 Å². The number of carbonyl (C=O) groups excluding carboxylic acids is 1. The second-order valence-corrected chi connectivity index (χ2v) is 6.28. The van der Waals surface area contributed by atoms with Crippen LogP contribution >= 0.6 is 0 Å². The smallest absolute Gasteiger partial charge is 0.251 e. The molecule has 0 aliphatic heterocycles. The third-order valence-corrected chi connectivity index (χ3v) is 4.51. The fourth-order valence-electron chi connectivity index (χ4n) is 3.00. The van der Waals surface area contributed by atoms with E-state index in [0.717, 1.165) is 33.3 Å². The van der Waals surface area contributed by atoms with Crippen LogP contribution < -0.4 is 10.1 Å². The second-order valence-electron chi connectivity index (χ2n) is 6.28. The Morgan fingerprint density at radius 1 is 1.04 bits per heavy atom. The Labute approximate surface area is 157 Å². The number of ether oxygens (including phenoxy) is 1. The van der Waals surface area contributed by atoms with Gasteiger partial charge in [0.2, 0.25) is 0 Å². The van der Waals surface area contributed by atoms with E-state index >= 15 is 0 Å². The summed E-state index contributed by atoms with van der Waals surface area (Å²) in [5.41, 5.74) is 4.78. The number of hydrogen-bond donors (Lipinski definition) is 2. The molecule has 1 heterocycles. The van der Waals surface area contributed by atoms with E-state index in [1.165, 1.54) is 0 Å². The van der Waals surface area contributed by atoms with Gasteiger partial charge in [0.05, 0.1) is 18.8 Å². The monoisotopic (exact) mass is 357 g/mol. The highest BCUT2D eigenvalue weighted by Gasteiger charge is 2.07. The standard InChI is InChI=1S/C22H19N3O2/c1-27-20-4-2-3-15(11-20)13-23-22(26)17-7-5-16(6-8-17)18-9-10-21-19(12-18)14-24-25-21/h2-12,14H,13H2,1H3,(H,23,26)(H,24,25). The first-order valence-electron chi connectivity index (χ1n) is 8.67. The minimum Gasteiger partial charge on any atom is -0.497 e. The summed E-state index contributed by atoms with van der Waals surface area (Å²) < 4.78 is 5.20. The summed E-state index contributed by atoms with van der Waals surface area (Å²) in [6.07, 6.45) is 1.80. The molecule has 0 aliphatic carbocycles. The van der Waals surface area contributed by atoms with E-state index in [0.29, 0.717) is 12.1 Å². The summed E-state index contributed by atoms with van der Waals surface area (Å²) in [5, 5.41) is 11.0. The number of H-pyrrole nitrogens is 1. The number of nitrogens with zero attached hydrogens (tertiary/aromatic N) is 1. The van der Waals surface area contributed by atoms with Crippen LogP contribution in [0.2, 0.25) is 0 Å². The maximum Gasteiger partial charge on any atom is 0.251 e. The summed E-state index contributed by atoms with van der Waals surface area (Å²) in [7, 11) is 1.63. The zero-order valence-electron chi connectivity index (χ0n) is 14.9. The molecule has 0 spiro atoms. The second kappa shape index (κ2) is 7.33. The van der Waals surface area contributed by atoms with Crippen molar-refractivity contribution in [2.45, 2.75) is 6.54 Å². The number of fused-ring (bicyclic) bond motifs is 1. The highest BCUT2D eigenvalue weighted by Crippen LogP contribution is 2.23. The van der Waals surface area contributed by atoms with Crippen molar-refractivity contribution in [2.24, 2.45) is 0 Å². The third kappa shape index (κ3) is 3.67. The number of nitrogens with one attached hydrogen (secondary N) is 2. The van der Waals surface area contributed by atoms with Crippen molar-refractivity contribution >= 4 is 16.8 Å².